The molecule has 0 aromatic rings. The number of hydrogen-bond acceptors (Lipinski definition) is 6. The molecule has 3 N–H and O–H groups in total. The van der Waals surface area contributed by atoms with Gasteiger partial charge in [0.1, 0.15) is 0 Å². The van der Waals surface area contributed by atoms with Gasteiger partial charge >= 0.3 is 7.60 Å². The minimum atomic E-state index is -3.76. The SMILES string of the molecule is CCOP(=O)(OCC)C(N)(N(O)C(C)(C)C)C(C)(C)C. The molecule has 0 aliphatic heterocycles. The number of hydrogen-bond donors (Lipinski definition) is 2. The molecule has 1 unspecified atom stereocenters. The summed E-state index contributed by atoms with van der Waals surface area (Å²) in [4.78, 5) is 0. The van der Waals surface area contributed by atoms with Gasteiger partial charge in [0.15, 0.2) is 0 Å². The van der Waals surface area contributed by atoms with E-state index in [1.807, 2.05) is 0 Å². The third kappa shape index (κ3) is 3.62. The first-order valence-corrected chi connectivity index (χ1v) is 8.49. The monoisotopic (exact) mass is 310 g/mol. The van der Waals surface area contributed by atoms with Crippen molar-refractivity contribution in [3.05, 3.63) is 0 Å². The van der Waals surface area contributed by atoms with Gasteiger partial charge in [-0.1, -0.05) is 20.8 Å². The highest BCUT2D eigenvalue weighted by molar-refractivity contribution is 7.55. The summed E-state index contributed by atoms with van der Waals surface area (Å²) in [6, 6.07) is 0. The maximum Gasteiger partial charge on any atom is 0.367 e. The standard InChI is InChI=1S/C13H31N2O4P/c1-9-18-20(17,19-10-2)13(14,11(3,4)5)15(16)12(6,7)8/h16H,9-10,14H2,1-8H3. The van der Waals surface area contributed by atoms with Crippen LogP contribution >= 0.6 is 7.60 Å². The van der Waals surface area contributed by atoms with Gasteiger partial charge in [-0.25, -0.2) is 0 Å². The van der Waals surface area contributed by atoms with Crippen LogP contribution in [0.15, 0.2) is 0 Å². The van der Waals surface area contributed by atoms with Crippen LogP contribution in [0, 0.1) is 5.41 Å². The fourth-order valence-corrected chi connectivity index (χ4v) is 4.43. The first kappa shape index (κ1) is 20.0. The maximum absolute atomic E-state index is 13.2. The predicted octanol–water partition coefficient (Wildman–Crippen LogP) is 3.40. The second-order valence-corrected chi connectivity index (χ2v) is 8.98. The second kappa shape index (κ2) is 6.42. The van der Waals surface area contributed by atoms with Gasteiger partial charge < -0.3 is 20.0 Å². The van der Waals surface area contributed by atoms with Crippen LogP contribution in [0.4, 0.5) is 0 Å². The van der Waals surface area contributed by atoms with Gasteiger partial charge in [0, 0.05) is 11.0 Å². The van der Waals surface area contributed by atoms with E-state index in [1.54, 1.807) is 55.4 Å². The maximum atomic E-state index is 13.2. The van der Waals surface area contributed by atoms with E-state index in [1.165, 1.54) is 0 Å². The average molecular weight is 310 g/mol. The van der Waals surface area contributed by atoms with Gasteiger partial charge in [-0.15, -0.1) is 0 Å². The highest BCUT2D eigenvalue weighted by atomic mass is 31.2. The molecule has 0 aromatic heterocycles. The minimum Gasteiger partial charge on any atom is -0.311 e. The Morgan fingerprint density at radius 3 is 1.60 bits per heavy atom. The third-order valence-corrected chi connectivity index (χ3v) is 5.97. The molecule has 0 aliphatic carbocycles. The van der Waals surface area contributed by atoms with Crippen LogP contribution in [0.2, 0.25) is 0 Å². The number of hydroxylamine groups is 2. The molecule has 1 atom stereocenters. The van der Waals surface area contributed by atoms with Gasteiger partial charge in [-0.3, -0.25) is 4.57 Å². The van der Waals surface area contributed by atoms with Crippen molar-refractivity contribution in [2.75, 3.05) is 13.2 Å². The van der Waals surface area contributed by atoms with Crippen LogP contribution in [0.1, 0.15) is 55.4 Å². The molecule has 0 fully saturated rings. The molecule has 0 aromatic carbocycles. The van der Waals surface area contributed by atoms with Crippen molar-refractivity contribution in [3.8, 4) is 0 Å². The highest BCUT2D eigenvalue weighted by Gasteiger charge is 2.62. The minimum absolute atomic E-state index is 0.185. The van der Waals surface area contributed by atoms with Crippen molar-refractivity contribution in [1.82, 2.24) is 5.06 Å². The molecular formula is C13H31N2O4P. The van der Waals surface area contributed by atoms with Gasteiger partial charge in [0.2, 0.25) is 5.40 Å². The predicted molar refractivity (Wildman–Crippen MR) is 80.6 cm³/mol. The van der Waals surface area contributed by atoms with Crippen LogP contribution in [0.25, 0.3) is 0 Å². The van der Waals surface area contributed by atoms with Gasteiger partial charge in [0.05, 0.1) is 13.2 Å². The molecule has 0 saturated carbocycles. The van der Waals surface area contributed by atoms with E-state index in [0.29, 0.717) is 0 Å². The van der Waals surface area contributed by atoms with Crippen LogP contribution in [0.5, 0.6) is 0 Å². The van der Waals surface area contributed by atoms with Crippen LogP contribution in [-0.4, -0.2) is 34.4 Å². The van der Waals surface area contributed by atoms with E-state index in [-0.39, 0.29) is 13.2 Å². The van der Waals surface area contributed by atoms with Crippen molar-refractivity contribution in [3.63, 3.8) is 0 Å². The van der Waals surface area contributed by atoms with Crippen molar-refractivity contribution < 1.29 is 18.8 Å². The van der Waals surface area contributed by atoms with Gasteiger partial charge in [-0.2, -0.15) is 5.06 Å². The molecule has 0 amide bonds. The normalized spacial score (nSPS) is 17.4. The van der Waals surface area contributed by atoms with Crippen molar-refractivity contribution >= 4 is 7.60 Å². The van der Waals surface area contributed by atoms with Crippen LogP contribution in [-0.2, 0) is 13.6 Å². The summed E-state index contributed by atoms with van der Waals surface area (Å²) in [5, 5.41) is 9.85. The Morgan fingerprint density at radius 2 is 1.40 bits per heavy atom. The summed E-state index contributed by atoms with van der Waals surface area (Å²) in [5.74, 6) is 0. The summed E-state index contributed by atoms with van der Waals surface area (Å²) >= 11 is 0. The van der Waals surface area contributed by atoms with Gasteiger partial charge in [-0.05, 0) is 34.6 Å². The molecule has 7 heteroatoms. The molecule has 0 saturated heterocycles. The topological polar surface area (TPSA) is 85.0 Å². The lowest BCUT2D eigenvalue weighted by molar-refractivity contribution is -0.231. The lowest BCUT2D eigenvalue weighted by atomic mass is 9.90. The second-order valence-electron chi connectivity index (χ2n) is 6.79. The van der Waals surface area contributed by atoms with Gasteiger partial charge in [0.25, 0.3) is 0 Å². The summed E-state index contributed by atoms with van der Waals surface area (Å²) in [7, 11) is -3.76. The lowest BCUT2D eigenvalue weighted by Crippen LogP contribution is -2.67. The molecule has 0 radical (unpaired) electrons. The quantitative estimate of drug-likeness (QED) is 0.444. The van der Waals surface area contributed by atoms with Crippen molar-refractivity contribution in [2.24, 2.45) is 11.1 Å². The fraction of sp³-hybridized carbons (Fsp3) is 1.00. The van der Waals surface area contributed by atoms with Crippen LogP contribution in [0.3, 0.4) is 0 Å². The van der Waals surface area contributed by atoms with E-state index in [9.17, 15) is 9.77 Å². The Labute approximate surface area is 123 Å². The number of rotatable bonds is 6. The van der Waals surface area contributed by atoms with Crippen molar-refractivity contribution in [2.45, 2.75) is 66.3 Å². The average Bonchev–Trinajstić information content (AvgIpc) is 2.24. The van der Waals surface area contributed by atoms with Crippen LogP contribution < -0.4 is 5.73 Å². The summed E-state index contributed by atoms with van der Waals surface area (Å²) in [6.07, 6.45) is 0. The zero-order chi connectivity index (χ0) is 16.4. The molecule has 0 aliphatic rings. The summed E-state index contributed by atoms with van der Waals surface area (Å²) < 4.78 is 24.0. The number of nitrogens with two attached hydrogens (primary N) is 1. The zero-order valence-corrected chi connectivity index (χ0v) is 15.0. The van der Waals surface area contributed by atoms with E-state index in [0.717, 1.165) is 5.06 Å². The van der Waals surface area contributed by atoms with E-state index in [4.69, 9.17) is 14.8 Å². The molecule has 0 bridgehead atoms. The van der Waals surface area contributed by atoms with E-state index in [2.05, 4.69) is 0 Å². The summed E-state index contributed by atoms with van der Waals surface area (Å²) in [6.45, 7) is 14.5. The summed E-state index contributed by atoms with van der Waals surface area (Å²) in [5.41, 5.74) is 4.96. The molecule has 122 valence electrons. The molecule has 6 nitrogen and oxygen atoms in total. The van der Waals surface area contributed by atoms with Crippen molar-refractivity contribution in [1.29, 1.82) is 0 Å². The highest BCUT2D eigenvalue weighted by Crippen LogP contribution is 2.65. The largest absolute Gasteiger partial charge is 0.367 e. The third-order valence-electron chi connectivity index (χ3n) is 3.08. The Balaban J connectivity index is 6.07. The lowest BCUT2D eigenvalue weighted by Gasteiger charge is -2.52. The molecule has 20 heavy (non-hydrogen) atoms. The molecular weight excluding hydrogens is 279 g/mol. The first-order valence-electron chi connectivity index (χ1n) is 6.95. The Hall–Kier alpha value is 0.0300. The smallest absolute Gasteiger partial charge is 0.311 e. The Bertz CT molecular complexity index is 352. The van der Waals surface area contributed by atoms with E-state index < -0.39 is 24.0 Å². The zero-order valence-electron chi connectivity index (χ0n) is 14.1. The Kier molecular flexibility index (Phi) is 6.43. The molecule has 0 rings (SSSR count). The Morgan fingerprint density at radius 1 is 1.05 bits per heavy atom. The fourth-order valence-electron chi connectivity index (χ4n) is 1.93. The molecule has 0 heterocycles. The first-order chi connectivity index (χ1) is 8.78. The number of nitrogens with zero attached hydrogens (tertiary/aromatic N) is 1. The van der Waals surface area contributed by atoms with E-state index >= 15 is 0 Å². The molecule has 0 spiro atoms.